The van der Waals surface area contributed by atoms with E-state index in [0.29, 0.717) is 5.82 Å². The van der Waals surface area contributed by atoms with Gasteiger partial charge in [-0.3, -0.25) is 0 Å². The second-order valence-corrected chi connectivity index (χ2v) is 16.8. The van der Waals surface area contributed by atoms with Gasteiger partial charge in [0.25, 0.3) is 0 Å². The lowest BCUT2D eigenvalue weighted by atomic mass is 9.89. The van der Waals surface area contributed by atoms with Crippen molar-refractivity contribution in [3.8, 4) is 67.3 Å². The molecule has 61 heavy (non-hydrogen) atoms. The van der Waals surface area contributed by atoms with Crippen molar-refractivity contribution in [1.29, 1.82) is 0 Å². The lowest BCUT2D eigenvalue weighted by Gasteiger charge is -2.15. The third kappa shape index (κ3) is 6.18. The normalized spacial score (nSPS) is 11.6. The summed E-state index contributed by atoms with van der Waals surface area (Å²) < 4.78 is 2.62. The number of hydrogen-bond acceptors (Lipinski definition) is 3. The Labute approximate surface area is 357 Å². The van der Waals surface area contributed by atoms with Crippen molar-refractivity contribution in [3.63, 3.8) is 0 Å². The summed E-state index contributed by atoms with van der Waals surface area (Å²) in [6.45, 7) is 0. The molecule has 12 rings (SSSR count). The molecule has 3 heteroatoms. The first kappa shape index (κ1) is 35.2. The molecule has 2 aromatic heterocycles. The molecule has 0 atom stereocenters. The van der Waals surface area contributed by atoms with E-state index in [9.17, 15) is 0 Å². The first-order chi connectivity index (χ1) is 30.2. The van der Waals surface area contributed by atoms with Gasteiger partial charge in [-0.25, -0.2) is 9.97 Å². The molecule has 0 radical (unpaired) electrons. The summed E-state index contributed by atoms with van der Waals surface area (Å²) in [6, 6.07) is 78.7. The van der Waals surface area contributed by atoms with Gasteiger partial charge < -0.3 is 0 Å². The second kappa shape index (κ2) is 14.5. The summed E-state index contributed by atoms with van der Waals surface area (Å²) in [7, 11) is 0. The second-order valence-electron chi connectivity index (χ2n) is 15.7. The molecule has 12 aromatic rings. The molecule has 284 valence electrons. The highest BCUT2D eigenvalue weighted by Crippen LogP contribution is 2.42. The van der Waals surface area contributed by atoms with E-state index in [0.717, 1.165) is 33.6 Å². The van der Waals surface area contributed by atoms with Crippen LogP contribution in [0.1, 0.15) is 0 Å². The SMILES string of the molecule is c1ccc(-c2ccc(-c3nc(-c4ccc(-c5c6ccccc6cc6c5ccc5ccccc56)cc4)cc(-c4ccc(-c5cccc6sc7ccccc7c56)cc4)n3)cc2)cc1. The summed E-state index contributed by atoms with van der Waals surface area (Å²) in [5.74, 6) is 0.696. The van der Waals surface area contributed by atoms with Crippen molar-refractivity contribution in [2.24, 2.45) is 0 Å². The number of fused-ring (bicyclic) bond motifs is 7. The Balaban J connectivity index is 0.972. The Morgan fingerprint density at radius 3 is 1.61 bits per heavy atom. The zero-order chi connectivity index (χ0) is 40.3. The van der Waals surface area contributed by atoms with E-state index in [-0.39, 0.29) is 0 Å². The number of rotatable bonds is 6. The van der Waals surface area contributed by atoms with Gasteiger partial charge in [0, 0.05) is 36.9 Å². The van der Waals surface area contributed by atoms with Crippen LogP contribution in [-0.4, -0.2) is 9.97 Å². The van der Waals surface area contributed by atoms with Crippen LogP contribution in [-0.2, 0) is 0 Å². The third-order valence-electron chi connectivity index (χ3n) is 12.1. The Bertz CT molecular complexity index is 3610. The summed E-state index contributed by atoms with van der Waals surface area (Å²) in [5.41, 5.74) is 12.0. The molecule has 10 aromatic carbocycles. The number of thiophene rings is 1. The first-order valence-electron chi connectivity index (χ1n) is 20.7. The van der Waals surface area contributed by atoms with Gasteiger partial charge in [0.05, 0.1) is 11.4 Å². The van der Waals surface area contributed by atoms with Gasteiger partial charge in [0.1, 0.15) is 0 Å². The van der Waals surface area contributed by atoms with Crippen LogP contribution < -0.4 is 0 Å². The van der Waals surface area contributed by atoms with E-state index < -0.39 is 0 Å². The lowest BCUT2D eigenvalue weighted by Crippen LogP contribution is -1.96. The van der Waals surface area contributed by atoms with Gasteiger partial charge in [-0.1, -0.05) is 194 Å². The van der Waals surface area contributed by atoms with Crippen LogP contribution in [0.2, 0.25) is 0 Å². The third-order valence-corrected chi connectivity index (χ3v) is 13.2. The molecular weight excluding hydrogens is 757 g/mol. The lowest BCUT2D eigenvalue weighted by molar-refractivity contribution is 1.18. The molecule has 0 fully saturated rings. The highest BCUT2D eigenvalue weighted by molar-refractivity contribution is 7.25. The largest absolute Gasteiger partial charge is 0.228 e. The van der Waals surface area contributed by atoms with Crippen molar-refractivity contribution in [3.05, 3.63) is 218 Å². The fourth-order valence-corrected chi connectivity index (χ4v) is 10.2. The average molecular weight is 793 g/mol. The van der Waals surface area contributed by atoms with E-state index in [1.54, 1.807) is 0 Å². The Hall–Kier alpha value is -7.72. The van der Waals surface area contributed by atoms with E-state index in [1.807, 2.05) is 17.4 Å². The van der Waals surface area contributed by atoms with E-state index in [2.05, 4.69) is 212 Å². The van der Waals surface area contributed by atoms with Crippen LogP contribution in [0.5, 0.6) is 0 Å². The van der Waals surface area contributed by atoms with Crippen LogP contribution in [0.25, 0.3) is 120 Å². The standard InChI is InChI=1S/C58H36N2S/c1-2-11-37(12-3-1)38-21-31-44(32-22-38)58-59-52(41-25-23-40(24-26-41)47-18-10-20-55-57(47)50-17-8-9-19-54(50)61-55)36-53(60-58)42-27-29-43(30-28-42)56-48-16-7-5-14-45(48)35-51-46-15-6-4-13-39(46)33-34-49(51)56/h1-36H. The summed E-state index contributed by atoms with van der Waals surface area (Å²) in [6.07, 6.45) is 0. The molecule has 0 N–H and O–H groups in total. The smallest absolute Gasteiger partial charge is 0.160 e. The van der Waals surface area contributed by atoms with Crippen molar-refractivity contribution in [2.45, 2.75) is 0 Å². The minimum Gasteiger partial charge on any atom is -0.228 e. The average Bonchev–Trinajstić information content (AvgIpc) is 3.73. The van der Waals surface area contributed by atoms with Crippen molar-refractivity contribution < 1.29 is 0 Å². The maximum atomic E-state index is 5.25. The number of hydrogen-bond donors (Lipinski definition) is 0. The van der Waals surface area contributed by atoms with Crippen molar-refractivity contribution in [1.82, 2.24) is 9.97 Å². The predicted molar refractivity (Wildman–Crippen MR) is 260 cm³/mol. The first-order valence-corrected chi connectivity index (χ1v) is 21.5. The van der Waals surface area contributed by atoms with Crippen LogP contribution in [0, 0.1) is 0 Å². The van der Waals surface area contributed by atoms with Crippen molar-refractivity contribution in [2.75, 3.05) is 0 Å². The molecule has 2 nitrogen and oxygen atoms in total. The maximum absolute atomic E-state index is 5.25. The Morgan fingerprint density at radius 1 is 0.295 bits per heavy atom. The zero-order valence-electron chi connectivity index (χ0n) is 33.1. The van der Waals surface area contributed by atoms with Gasteiger partial charge in [-0.2, -0.15) is 0 Å². The molecule has 0 saturated carbocycles. The monoisotopic (exact) mass is 792 g/mol. The quantitative estimate of drug-likeness (QED) is 0.124. The molecule has 0 amide bonds. The number of benzene rings is 10. The van der Waals surface area contributed by atoms with Crippen molar-refractivity contribution >= 4 is 63.8 Å². The maximum Gasteiger partial charge on any atom is 0.160 e. The highest BCUT2D eigenvalue weighted by Gasteiger charge is 2.16. The van der Waals surface area contributed by atoms with Crippen LogP contribution in [0.4, 0.5) is 0 Å². The van der Waals surface area contributed by atoms with Crippen LogP contribution in [0.15, 0.2) is 218 Å². The van der Waals surface area contributed by atoms with Crippen LogP contribution in [0.3, 0.4) is 0 Å². The van der Waals surface area contributed by atoms with E-state index in [1.165, 1.54) is 80.3 Å². The van der Waals surface area contributed by atoms with Gasteiger partial charge in [-0.15, -0.1) is 11.3 Å². The molecule has 0 aliphatic rings. The zero-order valence-corrected chi connectivity index (χ0v) is 33.9. The molecule has 0 spiro atoms. The molecule has 2 heterocycles. The molecule has 0 unspecified atom stereocenters. The van der Waals surface area contributed by atoms with E-state index >= 15 is 0 Å². The Morgan fingerprint density at radius 2 is 0.852 bits per heavy atom. The fourth-order valence-electron chi connectivity index (χ4n) is 9.09. The summed E-state index contributed by atoms with van der Waals surface area (Å²) >= 11 is 1.85. The number of nitrogens with zero attached hydrogens (tertiary/aromatic N) is 2. The van der Waals surface area contributed by atoms with Gasteiger partial charge in [-0.05, 0) is 90.0 Å². The van der Waals surface area contributed by atoms with Gasteiger partial charge in [0.2, 0.25) is 0 Å². The predicted octanol–water partition coefficient (Wildman–Crippen LogP) is 16.3. The van der Waals surface area contributed by atoms with Gasteiger partial charge >= 0.3 is 0 Å². The topological polar surface area (TPSA) is 25.8 Å². The molecule has 0 aliphatic carbocycles. The van der Waals surface area contributed by atoms with Crippen LogP contribution >= 0.6 is 11.3 Å². The minimum atomic E-state index is 0.696. The minimum absolute atomic E-state index is 0.696. The molecule has 0 aliphatic heterocycles. The van der Waals surface area contributed by atoms with Gasteiger partial charge in [0.15, 0.2) is 5.82 Å². The molecular formula is C58H36N2S. The molecule has 0 saturated heterocycles. The summed E-state index contributed by atoms with van der Waals surface area (Å²) in [4.78, 5) is 10.5. The number of aromatic nitrogens is 2. The summed E-state index contributed by atoms with van der Waals surface area (Å²) in [5, 5.41) is 10.1. The highest BCUT2D eigenvalue weighted by atomic mass is 32.1. The molecule has 0 bridgehead atoms. The van der Waals surface area contributed by atoms with E-state index in [4.69, 9.17) is 9.97 Å². The fraction of sp³-hybridized carbons (Fsp3) is 0. The Kier molecular flexibility index (Phi) is 8.39.